The number of aliphatic hydroxyl groups is 1. The zero-order valence-corrected chi connectivity index (χ0v) is 20.7. The van der Waals surface area contributed by atoms with Gasteiger partial charge in [-0.15, -0.1) is 0 Å². The van der Waals surface area contributed by atoms with Crippen molar-refractivity contribution in [2.45, 2.75) is 51.0 Å². The van der Waals surface area contributed by atoms with Gasteiger partial charge in [-0.2, -0.15) is 0 Å². The van der Waals surface area contributed by atoms with Gasteiger partial charge in [-0.1, -0.05) is 26.2 Å². The number of hydrogen-bond donors (Lipinski definition) is 4. The van der Waals surface area contributed by atoms with E-state index in [1.807, 2.05) is 28.1 Å². The maximum Gasteiger partial charge on any atom is 2.00 e. The SMILES string of the molecule is CCN.CN.C[N+](C)(C)CCC(O)(C(=O)[O-])C1CCCCC1.O=P([O-])([O-])O.[Pt+2]. The molecule has 1 saturated carbocycles. The molecule has 174 valence electrons. The van der Waals surface area contributed by atoms with E-state index in [2.05, 4.69) is 5.73 Å². The zero-order valence-electron chi connectivity index (χ0n) is 17.5. The molecule has 10 nitrogen and oxygen atoms in total. The number of nitrogens with two attached hydrogens (primary N) is 2. The van der Waals surface area contributed by atoms with Crippen LogP contribution >= 0.6 is 7.82 Å². The average molecular weight is 611 g/mol. The minimum Gasteiger partial charge on any atom is -0.790 e. The van der Waals surface area contributed by atoms with Crippen molar-refractivity contribution in [3.05, 3.63) is 0 Å². The maximum absolute atomic E-state index is 11.3. The van der Waals surface area contributed by atoms with Crippen LogP contribution in [0.15, 0.2) is 0 Å². The van der Waals surface area contributed by atoms with Crippen molar-refractivity contribution in [3.63, 3.8) is 0 Å². The fourth-order valence-electron chi connectivity index (χ4n) is 2.56. The van der Waals surface area contributed by atoms with Crippen LogP contribution < -0.4 is 26.4 Å². The number of quaternary nitrogens is 1. The van der Waals surface area contributed by atoms with Crippen molar-refractivity contribution >= 4 is 13.8 Å². The zero-order chi connectivity index (χ0) is 22.3. The number of phosphoric acid groups is 1. The third-order valence-corrected chi connectivity index (χ3v) is 3.80. The Morgan fingerprint density at radius 2 is 1.50 bits per heavy atom. The van der Waals surface area contributed by atoms with Gasteiger partial charge in [0.15, 0.2) is 0 Å². The molecule has 6 N–H and O–H groups in total. The van der Waals surface area contributed by atoms with Crippen LogP contribution in [-0.2, 0) is 30.4 Å². The molecule has 0 aromatic rings. The Hall–Kier alpha value is 0.108. The predicted molar refractivity (Wildman–Crippen MR) is 98.7 cm³/mol. The van der Waals surface area contributed by atoms with Crippen molar-refractivity contribution in [1.82, 2.24) is 0 Å². The van der Waals surface area contributed by atoms with Crippen molar-refractivity contribution in [1.29, 1.82) is 0 Å². The van der Waals surface area contributed by atoms with Crippen LogP contribution in [0.4, 0.5) is 0 Å². The normalized spacial score (nSPS) is 16.4. The van der Waals surface area contributed by atoms with Crippen LogP contribution in [0.3, 0.4) is 0 Å². The Morgan fingerprint density at radius 1 is 1.18 bits per heavy atom. The molecule has 0 aromatic carbocycles. The topological polar surface area (TPSA) is 196 Å². The Labute approximate surface area is 183 Å². The van der Waals surface area contributed by atoms with Crippen molar-refractivity contribution < 1.29 is 59.8 Å². The van der Waals surface area contributed by atoms with Gasteiger partial charge in [0, 0.05) is 6.42 Å². The van der Waals surface area contributed by atoms with Gasteiger partial charge in [0.25, 0.3) is 0 Å². The number of nitrogens with zero attached hydrogens (tertiary/aromatic N) is 1. The second-order valence-electron chi connectivity index (χ2n) is 7.19. The molecule has 1 unspecified atom stereocenters. The summed E-state index contributed by atoms with van der Waals surface area (Å²) in [6, 6.07) is 0. The van der Waals surface area contributed by atoms with Crippen molar-refractivity contribution in [3.8, 4) is 0 Å². The van der Waals surface area contributed by atoms with Crippen LogP contribution in [-0.4, -0.2) is 67.3 Å². The van der Waals surface area contributed by atoms with Gasteiger partial charge in [0.2, 0.25) is 0 Å². The first-order valence-electron chi connectivity index (χ1n) is 8.94. The third kappa shape index (κ3) is 22.4. The molecule has 1 aliphatic rings. The van der Waals surface area contributed by atoms with Crippen LogP contribution in [0.1, 0.15) is 45.4 Å². The molecule has 1 fully saturated rings. The van der Waals surface area contributed by atoms with E-state index < -0.39 is 19.4 Å². The molecule has 0 spiro atoms. The van der Waals surface area contributed by atoms with E-state index in [4.69, 9.17) is 25.0 Å². The largest absolute Gasteiger partial charge is 2.00 e. The summed E-state index contributed by atoms with van der Waals surface area (Å²) in [5, 5.41) is 21.7. The molecule has 1 aliphatic carbocycles. The summed E-state index contributed by atoms with van der Waals surface area (Å²) in [5.74, 6) is -1.43. The predicted octanol–water partition coefficient (Wildman–Crippen LogP) is -2.51. The Kier molecular flexibility index (Phi) is 22.7. The first kappa shape index (κ1) is 35.5. The van der Waals surface area contributed by atoms with E-state index in [-0.39, 0.29) is 33.4 Å². The number of aliphatic carboxylic acids is 1. The molecule has 1 rings (SSSR count). The van der Waals surface area contributed by atoms with E-state index in [1.54, 1.807) is 0 Å². The van der Waals surface area contributed by atoms with Crippen LogP contribution in [0.25, 0.3) is 0 Å². The first-order valence-corrected chi connectivity index (χ1v) is 10.4. The number of carboxylic acid groups (broad SMARTS) is 1. The van der Waals surface area contributed by atoms with Crippen LogP contribution in [0.5, 0.6) is 0 Å². The number of carbonyl (C=O) groups is 1. The molecular formula is C16H38N3O7PPt. The molecule has 0 amide bonds. The number of hydrogen-bond acceptors (Lipinski definition) is 8. The molecule has 28 heavy (non-hydrogen) atoms. The van der Waals surface area contributed by atoms with Crippen LogP contribution in [0, 0.1) is 5.92 Å². The van der Waals surface area contributed by atoms with Gasteiger partial charge < -0.3 is 50.2 Å². The Morgan fingerprint density at radius 3 is 1.75 bits per heavy atom. The fourth-order valence-corrected chi connectivity index (χ4v) is 2.56. The van der Waals surface area contributed by atoms with Crippen molar-refractivity contribution in [2.24, 2.45) is 17.4 Å². The van der Waals surface area contributed by atoms with E-state index in [0.717, 1.165) is 38.6 Å². The number of carboxylic acids is 1. The summed E-state index contributed by atoms with van der Waals surface area (Å²) in [6.07, 6.45) is 5.08. The van der Waals surface area contributed by atoms with Crippen LogP contribution in [0.2, 0.25) is 0 Å². The smallest absolute Gasteiger partial charge is 0.790 e. The summed E-state index contributed by atoms with van der Waals surface area (Å²) in [5.41, 5.74) is 7.71. The monoisotopic (exact) mass is 610 g/mol. The molecule has 0 aliphatic heterocycles. The number of rotatable bonds is 5. The molecule has 12 heteroatoms. The van der Waals surface area contributed by atoms with Gasteiger partial charge in [0.05, 0.1) is 41.5 Å². The fraction of sp³-hybridized carbons (Fsp3) is 0.938. The third-order valence-electron chi connectivity index (χ3n) is 3.80. The second kappa shape index (κ2) is 17.9. The van der Waals surface area contributed by atoms with E-state index in [1.165, 1.54) is 7.05 Å². The van der Waals surface area contributed by atoms with Gasteiger partial charge in [-0.3, -0.25) is 0 Å². The molecule has 1 atom stereocenters. The summed E-state index contributed by atoms with van der Waals surface area (Å²) < 4.78 is 9.31. The molecule has 0 saturated heterocycles. The first-order chi connectivity index (χ1) is 12.2. The average Bonchev–Trinajstić information content (AvgIpc) is 2.53. The molecule has 0 heterocycles. The van der Waals surface area contributed by atoms with E-state index in [0.29, 0.717) is 11.0 Å². The second-order valence-corrected chi connectivity index (χ2v) is 8.12. The quantitative estimate of drug-likeness (QED) is 0.192. The molecular weight excluding hydrogens is 572 g/mol. The maximum atomic E-state index is 11.3. The molecule has 0 aromatic heterocycles. The molecule has 0 bridgehead atoms. The summed E-state index contributed by atoms with van der Waals surface area (Å²) in [7, 11) is 2.35. The van der Waals surface area contributed by atoms with E-state index in [9.17, 15) is 15.0 Å². The summed E-state index contributed by atoms with van der Waals surface area (Å²) in [6.45, 7) is 3.29. The van der Waals surface area contributed by atoms with Gasteiger partial charge in [-0.05, 0) is 32.4 Å². The van der Waals surface area contributed by atoms with E-state index >= 15 is 0 Å². The Bertz CT molecular complexity index is 419. The summed E-state index contributed by atoms with van der Waals surface area (Å²) in [4.78, 5) is 35.6. The van der Waals surface area contributed by atoms with Crippen molar-refractivity contribution in [2.75, 3.05) is 41.3 Å². The van der Waals surface area contributed by atoms with Gasteiger partial charge in [-0.25, -0.2) is 0 Å². The summed E-state index contributed by atoms with van der Waals surface area (Å²) >= 11 is 0. The minimum absolute atomic E-state index is 0. The Balaban J connectivity index is -0.000000221. The van der Waals surface area contributed by atoms with Gasteiger partial charge in [0.1, 0.15) is 5.60 Å². The standard InChI is InChI=1S/C13H25NO3.C2H7N.CH5N.H3O4P.Pt/c1-14(2,3)10-9-13(17,12(15)16)11-7-5-4-6-8-11;1-2-3;1-2;1-5(2,3)4;/h11,17H,4-10H2,1-3H3;2-3H2,1H3;2H2,1H3;(H3,1,2,3,4);/q;;;;+2/p-2. The minimum atomic E-state index is -5.14. The van der Waals surface area contributed by atoms with Gasteiger partial charge >= 0.3 is 21.1 Å². The molecule has 0 radical (unpaired) electrons. The number of carbonyl (C=O) groups excluding carboxylic acids is 1.